The number of thiophene rings is 1. The minimum Gasteiger partial charge on any atom is -0.356 e. The molecule has 1 aliphatic heterocycles. The van der Waals surface area contributed by atoms with Gasteiger partial charge in [-0.05, 0) is 37.0 Å². The third-order valence-corrected chi connectivity index (χ3v) is 5.56. The third-order valence-electron chi connectivity index (χ3n) is 4.12. The first-order chi connectivity index (χ1) is 10.2. The Morgan fingerprint density at radius 3 is 2.86 bits per heavy atom. The van der Waals surface area contributed by atoms with E-state index in [9.17, 15) is 0 Å². The van der Waals surface area contributed by atoms with Crippen molar-refractivity contribution < 1.29 is 9.47 Å². The molecule has 116 valence electrons. The molecular formula is C15H22N2O2S2. The van der Waals surface area contributed by atoms with E-state index >= 15 is 0 Å². The summed E-state index contributed by atoms with van der Waals surface area (Å²) in [5, 5.41) is 8.73. The SMILES string of the molecule is CS/C(=N\c1cscc1C)NC1CCCCC12OCCO2. The van der Waals surface area contributed by atoms with Crippen LogP contribution in [0.5, 0.6) is 0 Å². The molecule has 0 bridgehead atoms. The highest BCUT2D eigenvalue weighted by atomic mass is 32.2. The van der Waals surface area contributed by atoms with Gasteiger partial charge < -0.3 is 14.8 Å². The molecule has 0 radical (unpaired) electrons. The summed E-state index contributed by atoms with van der Waals surface area (Å²) in [6.07, 6.45) is 6.49. The number of nitrogens with one attached hydrogen (secondary N) is 1. The number of nitrogens with zero attached hydrogens (tertiary/aromatic N) is 1. The summed E-state index contributed by atoms with van der Waals surface area (Å²) in [5.41, 5.74) is 2.27. The molecule has 3 rings (SSSR count). The van der Waals surface area contributed by atoms with Crippen LogP contribution in [0.1, 0.15) is 31.2 Å². The van der Waals surface area contributed by atoms with Gasteiger partial charge in [0.15, 0.2) is 11.0 Å². The van der Waals surface area contributed by atoms with Crippen molar-refractivity contribution in [3.8, 4) is 0 Å². The van der Waals surface area contributed by atoms with Crippen molar-refractivity contribution in [3.05, 3.63) is 16.3 Å². The monoisotopic (exact) mass is 326 g/mol. The Morgan fingerprint density at radius 1 is 1.38 bits per heavy atom. The molecule has 1 saturated carbocycles. The minimum absolute atomic E-state index is 0.193. The second-order valence-corrected chi connectivity index (χ2v) is 7.05. The van der Waals surface area contributed by atoms with E-state index in [-0.39, 0.29) is 6.04 Å². The van der Waals surface area contributed by atoms with Crippen LogP contribution in [-0.4, -0.2) is 36.5 Å². The van der Waals surface area contributed by atoms with Gasteiger partial charge in [-0.15, -0.1) is 11.3 Å². The van der Waals surface area contributed by atoms with Crippen molar-refractivity contribution >= 4 is 34.0 Å². The zero-order chi connectivity index (χ0) is 14.7. The van der Waals surface area contributed by atoms with E-state index in [1.54, 1.807) is 23.1 Å². The van der Waals surface area contributed by atoms with Crippen molar-refractivity contribution in [1.82, 2.24) is 5.32 Å². The summed E-state index contributed by atoms with van der Waals surface area (Å²) in [6.45, 7) is 3.50. The fourth-order valence-corrected chi connectivity index (χ4v) is 4.19. The molecule has 1 saturated heterocycles. The molecule has 1 N–H and O–H groups in total. The molecular weight excluding hydrogens is 304 g/mol. The maximum atomic E-state index is 5.95. The quantitative estimate of drug-likeness (QED) is 0.665. The molecule has 1 spiro atoms. The van der Waals surface area contributed by atoms with E-state index in [0.29, 0.717) is 13.2 Å². The molecule has 1 aromatic heterocycles. The Hall–Kier alpha value is -0.560. The van der Waals surface area contributed by atoms with E-state index in [1.165, 1.54) is 18.4 Å². The van der Waals surface area contributed by atoms with Gasteiger partial charge >= 0.3 is 0 Å². The largest absolute Gasteiger partial charge is 0.356 e. The highest BCUT2D eigenvalue weighted by Crippen LogP contribution is 2.36. The van der Waals surface area contributed by atoms with Gasteiger partial charge in [0.05, 0.1) is 24.9 Å². The number of rotatable bonds is 2. The Labute approximate surface area is 134 Å². The summed E-state index contributed by atoms with van der Waals surface area (Å²) >= 11 is 3.34. The zero-order valence-corrected chi connectivity index (χ0v) is 14.2. The van der Waals surface area contributed by atoms with Gasteiger partial charge in [-0.3, -0.25) is 0 Å². The van der Waals surface area contributed by atoms with Crippen molar-refractivity contribution in [2.45, 2.75) is 44.4 Å². The Kier molecular flexibility index (Phi) is 4.88. The first-order valence-electron chi connectivity index (χ1n) is 7.43. The minimum atomic E-state index is -0.432. The van der Waals surface area contributed by atoms with Crippen LogP contribution in [0.25, 0.3) is 0 Å². The van der Waals surface area contributed by atoms with Crippen LogP contribution >= 0.6 is 23.1 Å². The van der Waals surface area contributed by atoms with Crippen LogP contribution in [0.3, 0.4) is 0 Å². The van der Waals surface area contributed by atoms with Crippen LogP contribution in [0, 0.1) is 6.92 Å². The normalized spacial score (nSPS) is 25.4. The summed E-state index contributed by atoms with van der Waals surface area (Å²) < 4.78 is 11.9. The first kappa shape index (κ1) is 15.3. The van der Waals surface area contributed by atoms with Crippen LogP contribution in [0.4, 0.5) is 5.69 Å². The fraction of sp³-hybridized carbons (Fsp3) is 0.667. The van der Waals surface area contributed by atoms with Crippen LogP contribution < -0.4 is 5.32 Å². The van der Waals surface area contributed by atoms with Crippen LogP contribution in [0.15, 0.2) is 15.8 Å². The van der Waals surface area contributed by atoms with Gasteiger partial charge in [0.25, 0.3) is 0 Å². The van der Waals surface area contributed by atoms with E-state index in [4.69, 9.17) is 14.5 Å². The molecule has 2 fully saturated rings. The summed E-state index contributed by atoms with van der Waals surface area (Å²) in [5.74, 6) is -0.432. The van der Waals surface area contributed by atoms with Crippen molar-refractivity contribution in [3.63, 3.8) is 0 Å². The lowest BCUT2D eigenvalue weighted by molar-refractivity contribution is -0.191. The maximum absolute atomic E-state index is 5.95. The van der Waals surface area contributed by atoms with Crippen LogP contribution in [-0.2, 0) is 9.47 Å². The highest BCUT2D eigenvalue weighted by molar-refractivity contribution is 8.13. The van der Waals surface area contributed by atoms with E-state index in [0.717, 1.165) is 23.7 Å². The molecule has 1 unspecified atom stereocenters. The predicted octanol–water partition coefficient (Wildman–Crippen LogP) is 3.68. The molecule has 1 atom stereocenters. The van der Waals surface area contributed by atoms with Crippen LogP contribution in [0.2, 0.25) is 0 Å². The number of aliphatic imine (C=N–C) groups is 1. The van der Waals surface area contributed by atoms with Crippen molar-refractivity contribution in [2.75, 3.05) is 19.5 Å². The highest BCUT2D eigenvalue weighted by Gasteiger charge is 2.46. The maximum Gasteiger partial charge on any atom is 0.188 e. The van der Waals surface area contributed by atoms with Gasteiger partial charge in [0.2, 0.25) is 0 Å². The second-order valence-electron chi connectivity index (χ2n) is 5.51. The van der Waals surface area contributed by atoms with Crippen molar-refractivity contribution in [1.29, 1.82) is 0 Å². The fourth-order valence-electron chi connectivity index (χ4n) is 2.98. The first-order valence-corrected chi connectivity index (χ1v) is 9.60. The second kappa shape index (κ2) is 6.69. The number of hydrogen-bond donors (Lipinski definition) is 1. The Bertz CT molecular complexity index is 510. The molecule has 2 heterocycles. The molecule has 1 aromatic rings. The number of hydrogen-bond acceptors (Lipinski definition) is 5. The topological polar surface area (TPSA) is 42.9 Å². The molecule has 4 nitrogen and oxygen atoms in total. The Balaban J connectivity index is 1.76. The smallest absolute Gasteiger partial charge is 0.188 e. The average molecular weight is 326 g/mol. The number of ether oxygens (including phenoxy) is 2. The molecule has 21 heavy (non-hydrogen) atoms. The molecule has 1 aliphatic carbocycles. The number of thioether (sulfide) groups is 1. The van der Waals surface area contributed by atoms with Gasteiger partial charge in [-0.2, -0.15) is 0 Å². The van der Waals surface area contributed by atoms with E-state index in [2.05, 4.69) is 29.3 Å². The van der Waals surface area contributed by atoms with Crippen molar-refractivity contribution in [2.24, 2.45) is 4.99 Å². The summed E-state index contributed by atoms with van der Waals surface area (Å²) in [6, 6.07) is 0.193. The lowest BCUT2D eigenvalue weighted by atomic mass is 9.89. The lowest BCUT2D eigenvalue weighted by Crippen LogP contribution is -2.54. The predicted molar refractivity (Wildman–Crippen MR) is 89.7 cm³/mol. The van der Waals surface area contributed by atoms with Gasteiger partial charge in [0.1, 0.15) is 0 Å². The summed E-state index contributed by atoms with van der Waals surface area (Å²) in [7, 11) is 0. The van der Waals surface area contributed by atoms with Gasteiger partial charge in [-0.25, -0.2) is 4.99 Å². The van der Waals surface area contributed by atoms with Gasteiger partial charge in [0, 0.05) is 11.8 Å². The number of amidine groups is 1. The van der Waals surface area contributed by atoms with Gasteiger partial charge in [-0.1, -0.05) is 18.2 Å². The van der Waals surface area contributed by atoms with E-state index < -0.39 is 5.79 Å². The van der Waals surface area contributed by atoms with E-state index in [1.807, 2.05) is 0 Å². The standard InChI is InChI=1S/C15H22N2O2S2/c1-11-9-21-10-12(11)16-14(20-2)17-13-5-3-4-6-15(13)18-7-8-19-15/h9-10,13H,3-8H2,1-2H3,(H,16,17). The molecule has 0 amide bonds. The summed E-state index contributed by atoms with van der Waals surface area (Å²) in [4.78, 5) is 4.75. The number of aryl methyl sites for hydroxylation is 1. The molecule has 2 aliphatic rings. The molecule has 0 aromatic carbocycles. The Morgan fingerprint density at radius 2 is 2.19 bits per heavy atom. The molecule has 6 heteroatoms. The average Bonchev–Trinajstić information content (AvgIpc) is 3.11. The third kappa shape index (κ3) is 3.28. The zero-order valence-electron chi connectivity index (χ0n) is 12.6. The lowest BCUT2D eigenvalue weighted by Gasteiger charge is -2.40.